The van der Waals surface area contributed by atoms with Crippen molar-refractivity contribution in [3.05, 3.63) is 12.7 Å². The van der Waals surface area contributed by atoms with E-state index in [0.29, 0.717) is 0 Å². The van der Waals surface area contributed by atoms with Crippen molar-refractivity contribution in [2.75, 3.05) is 0 Å². The van der Waals surface area contributed by atoms with Crippen LogP contribution < -0.4 is 5.73 Å². The van der Waals surface area contributed by atoms with E-state index < -0.39 is 17.3 Å². The van der Waals surface area contributed by atoms with Gasteiger partial charge in [-0.25, -0.2) is 0 Å². The van der Waals surface area contributed by atoms with Gasteiger partial charge in [-0.3, -0.25) is 9.59 Å². The van der Waals surface area contributed by atoms with Crippen LogP contribution in [0.3, 0.4) is 0 Å². The number of hydrogen-bond donors (Lipinski definition) is 2. The summed E-state index contributed by atoms with van der Waals surface area (Å²) in [6.07, 6.45) is 0.940. The number of nitrogens with two attached hydrogens (primary N) is 1. The quantitative estimate of drug-likeness (QED) is 0.569. The summed E-state index contributed by atoms with van der Waals surface area (Å²) in [5, 5.41) is 8.37. The molecular formula is C7H11NO3. The monoisotopic (exact) mass is 157 g/mol. The lowest BCUT2D eigenvalue weighted by Crippen LogP contribution is -2.34. The molecule has 11 heavy (non-hydrogen) atoms. The SMILES string of the molecule is C=CC(C)(CC(=O)O)C(N)=O. The van der Waals surface area contributed by atoms with Gasteiger partial charge in [0, 0.05) is 0 Å². The molecule has 4 nitrogen and oxygen atoms in total. The summed E-state index contributed by atoms with van der Waals surface area (Å²) in [6.45, 7) is 4.78. The molecule has 1 unspecified atom stereocenters. The summed E-state index contributed by atoms with van der Waals surface area (Å²) in [7, 11) is 0. The topological polar surface area (TPSA) is 80.4 Å². The van der Waals surface area contributed by atoms with Crippen LogP contribution in [0.25, 0.3) is 0 Å². The summed E-state index contributed by atoms with van der Waals surface area (Å²) in [5.74, 6) is -1.74. The van der Waals surface area contributed by atoms with Crippen molar-refractivity contribution in [2.24, 2.45) is 11.1 Å². The molecule has 0 heterocycles. The largest absolute Gasteiger partial charge is 0.481 e. The zero-order valence-corrected chi connectivity index (χ0v) is 6.33. The number of carboxylic acid groups (broad SMARTS) is 1. The first kappa shape index (κ1) is 9.68. The minimum atomic E-state index is -1.13. The molecule has 0 aliphatic rings. The third-order valence-electron chi connectivity index (χ3n) is 1.53. The molecule has 4 heteroatoms. The Labute approximate surface area is 64.7 Å². The lowest BCUT2D eigenvalue weighted by Gasteiger charge is -2.18. The summed E-state index contributed by atoms with van der Waals surface area (Å²) >= 11 is 0. The molecule has 1 amide bonds. The van der Waals surface area contributed by atoms with Crippen LogP contribution in [0.1, 0.15) is 13.3 Å². The van der Waals surface area contributed by atoms with Gasteiger partial charge in [0.05, 0.1) is 11.8 Å². The van der Waals surface area contributed by atoms with Gasteiger partial charge in [-0.2, -0.15) is 0 Å². The molecule has 0 radical (unpaired) electrons. The molecule has 62 valence electrons. The van der Waals surface area contributed by atoms with Gasteiger partial charge in [0.2, 0.25) is 5.91 Å². The maximum absolute atomic E-state index is 10.7. The molecule has 0 spiro atoms. The Balaban J connectivity index is 4.47. The highest BCUT2D eigenvalue weighted by Gasteiger charge is 2.29. The highest BCUT2D eigenvalue weighted by Crippen LogP contribution is 2.21. The summed E-state index contributed by atoms with van der Waals surface area (Å²) in [6, 6.07) is 0. The number of aliphatic carboxylic acids is 1. The molecule has 0 aromatic carbocycles. The number of rotatable bonds is 4. The van der Waals surface area contributed by atoms with E-state index in [1.807, 2.05) is 0 Å². The van der Waals surface area contributed by atoms with Crippen molar-refractivity contribution in [1.82, 2.24) is 0 Å². The lowest BCUT2D eigenvalue weighted by molar-refractivity contribution is -0.142. The van der Waals surface area contributed by atoms with E-state index in [1.165, 1.54) is 13.0 Å². The summed E-state index contributed by atoms with van der Waals surface area (Å²) in [5.41, 5.74) is 3.82. The highest BCUT2D eigenvalue weighted by atomic mass is 16.4. The Bertz CT molecular complexity index is 200. The predicted molar refractivity (Wildman–Crippen MR) is 39.8 cm³/mol. The van der Waals surface area contributed by atoms with Crippen molar-refractivity contribution in [1.29, 1.82) is 0 Å². The number of carbonyl (C=O) groups excluding carboxylic acids is 1. The van der Waals surface area contributed by atoms with E-state index in [-0.39, 0.29) is 6.42 Å². The second-order valence-corrected chi connectivity index (χ2v) is 2.56. The Hall–Kier alpha value is -1.32. The van der Waals surface area contributed by atoms with Crippen molar-refractivity contribution in [3.63, 3.8) is 0 Å². The zero-order chi connectivity index (χ0) is 9.07. The van der Waals surface area contributed by atoms with E-state index in [9.17, 15) is 9.59 Å². The Morgan fingerprint density at radius 1 is 1.73 bits per heavy atom. The highest BCUT2D eigenvalue weighted by molar-refractivity contribution is 5.86. The van der Waals surface area contributed by atoms with Gasteiger partial charge < -0.3 is 10.8 Å². The van der Waals surface area contributed by atoms with E-state index in [2.05, 4.69) is 6.58 Å². The number of primary amides is 1. The van der Waals surface area contributed by atoms with Gasteiger partial charge in [-0.15, -0.1) is 6.58 Å². The second-order valence-electron chi connectivity index (χ2n) is 2.56. The fourth-order valence-electron chi connectivity index (χ4n) is 0.574. The fourth-order valence-corrected chi connectivity index (χ4v) is 0.574. The molecule has 0 bridgehead atoms. The fraction of sp³-hybridized carbons (Fsp3) is 0.429. The van der Waals surface area contributed by atoms with Crippen LogP contribution in [0.4, 0.5) is 0 Å². The molecule has 0 aromatic heterocycles. The second kappa shape index (κ2) is 3.18. The molecule has 1 atom stereocenters. The third kappa shape index (κ3) is 2.41. The normalized spacial score (nSPS) is 15.0. The standard InChI is InChI=1S/C7H11NO3/c1-3-7(2,6(8)11)4-5(9)10/h3H,1,4H2,2H3,(H2,8,11)(H,9,10). The first-order valence-electron chi connectivity index (χ1n) is 3.07. The number of carboxylic acids is 1. The van der Waals surface area contributed by atoms with Crippen LogP contribution >= 0.6 is 0 Å². The molecule has 0 aliphatic carbocycles. The van der Waals surface area contributed by atoms with E-state index in [0.717, 1.165) is 0 Å². The number of hydrogen-bond acceptors (Lipinski definition) is 2. The van der Waals surface area contributed by atoms with Crippen LogP contribution in [0.15, 0.2) is 12.7 Å². The van der Waals surface area contributed by atoms with Crippen molar-refractivity contribution >= 4 is 11.9 Å². The number of carbonyl (C=O) groups is 2. The van der Waals surface area contributed by atoms with E-state index in [4.69, 9.17) is 10.8 Å². The average molecular weight is 157 g/mol. The minimum Gasteiger partial charge on any atom is -0.481 e. The molecular weight excluding hydrogens is 146 g/mol. The molecule has 0 rings (SSSR count). The van der Waals surface area contributed by atoms with Crippen LogP contribution in [-0.4, -0.2) is 17.0 Å². The first-order valence-corrected chi connectivity index (χ1v) is 3.07. The first-order chi connectivity index (χ1) is 4.92. The van der Waals surface area contributed by atoms with E-state index >= 15 is 0 Å². The molecule has 0 fully saturated rings. The summed E-state index contributed by atoms with van der Waals surface area (Å²) < 4.78 is 0. The van der Waals surface area contributed by atoms with Gasteiger partial charge in [0.1, 0.15) is 0 Å². The van der Waals surface area contributed by atoms with Gasteiger partial charge in [-0.1, -0.05) is 6.08 Å². The van der Waals surface area contributed by atoms with Crippen LogP contribution in [-0.2, 0) is 9.59 Å². The molecule has 3 N–H and O–H groups in total. The van der Waals surface area contributed by atoms with Gasteiger partial charge in [0.15, 0.2) is 0 Å². The zero-order valence-electron chi connectivity index (χ0n) is 6.33. The maximum Gasteiger partial charge on any atom is 0.304 e. The van der Waals surface area contributed by atoms with Crippen molar-refractivity contribution in [2.45, 2.75) is 13.3 Å². The molecule has 0 aliphatic heterocycles. The predicted octanol–water partition coefficient (Wildman–Crippen LogP) is 0.139. The molecule has 0 saturated carbocycles. The van der Waals surface area contributed by atoms with Gasteiger partial charge >= 0.3 is 5.97 Å². The smallest absolute Gasteiger partial charge is 0.304 e. The van der Waals surface area contributed by atoms with Crippen LogP contribution in [0, 0.1) is 5.41 Å². The lowest BCUT2D eigenvalue weighted by atomic mass is 9.86. The van der Waals surface area contributed by atoms with Crippen LogP contribution in [0.2, 0.25) is 0 Å². The van der Waals surface area contributed by atoms with Crippen molar-refractivity contribution in [3.8, 4) is 0 Å². The van der Waals surface area contributed by atoms with Crippen LogP contribution in [0.5, 0.6) is 0 Å². The van der Waals surface area contributed by atoms with Gasteiger partial charge in [0.25, 0.3) is 0 Å². The Morgan fingerprint density at radius 3 is 2.27 bits per heavy atom. The van der Waals surface area contributed by atoms with E-state index in [1.54, 1.807) is 0 Å². The average Bonchev–Trinajstić information content (AvgIpc) is 1.86. The third-order valence-corrected chi connectivity index (χ3v) is 1.53. The maximum atomic E-state index is 10.7. The minimum absolute atomic E-state index is 0.314. The van der Waals surface area contributed by atoms with Crippen molar-refractivity contribution < 1.29 is 14.7 Å². The molecule has 0 aromatic rings. The Morgan fingerprint density at radius 2 is 2.18 bits per heavy atom. The Kier molecular flexibility index (Phi) is 2.80. The number of amides is 1. The summed E-state index contributed by atoms with van der Waals surface area (Å²) in [4.78, 5) is 20.9. The van der Waals surface area contributed by atoms with Gasteiger partial charge in [-0.05, 0) is 6.92 Å². The molecule has 0 saturated heterocycles.